The van der Waals surface area contributed by atoms with Gasteiger partial charge in [-0.2, -0.15) is 0 Å². The highest BCUT2D eigenvalue weighted by atomic mass is 16.5. The van der Waals surface area contributed by atoms with E-state index in [1.807, 2.05) is 6.92 Å². The van der Waals surface area contributed by atoms with Crippen LogP contribution in [0.2, 0.25) is 0 Å². The zero-order valence-corrected chi connectivity index (χ0v) is 14.4. The molecule has 0 aromatic carbocycles. The zero-order valence-electron chi connectivity index (χ0n) is 14.4. The number of carbonyl (C=O) groups excluding carboxylic acids is 1. The van der Waals surface area contributed by atoms with Crippen LogP contribution in [0.25, 0.3) is 0 Å². The Morgan fingerprint density at radius 3 is 2.52 bits per heavy atom. The van der Waals surface area contributed by atoms with E-state index in [0.29, 0.717) is 25.9 Å². The fraction of sp³-hybridized carbons (Fsp3) is 0.611. The second kappa shape index (κ2) is 13.0. The highest BCUT2D eigenvalue weighted by Gasteiger charge is 2.20. The zero-order chi connectivity index (χ0) is 17.7. The lowest BCUT2D eigenvalue weighted by atomic mass is 9.96. The lowest BCUT2D eigenvalue weighted by Crippen LogP contribution is -2.27. The molecule has 0 fully saturated rings. The predicted octanol–water partition coefficient (Wildman–Crippen LogP) is 2.39. The summed E-state index contributed by atoms with van der Waals surface area (Å²) in [6, 6.07) is 0. The number of esters is 1. The summed E-state index contributed by atoms with van der Waals surface area (Å²) in [6.45, 7) is 7.64. The van der Waals surface area contributed by atoms with Gasteiger partial charge in [0.25, 0.3) is 0 Å². The van der Waals surface area contributed by atoms with Crippen molar-refractivity contribution in [1.82, 2.24) is 0 Å². The fourth-order valence-corrected chi connectivity index (χ4v) is 1.97. The van der Waals surface area contributed by atoms with Crippen molar-refractivity contribution >= 4 is 5.97 Å². The van der Waals surface area contributed by atoms with Crippen molar-refractivity contribution in [2.75, 3.05) is 13.7 Å². The summed E-state index contributed by atoms with van der Waals surface area (Å²) in [5.74, 6) is -0.403. The van der Waals surface area contributed by atoms with Gasteiger partial charge in [-0.25, -0.2) is 4.79 Å². The molecular weight excluding hydrogens is 296 g/mol. The Balaban J connectivity index is 4.17. The van der Waals surface area contributed by atoms with E-state index in [4.69, 9.17) is 9.47 Å². The summed E-state index contributed by atoms with van der Waals surface area (Å²) in [7, 11) is 1.57. The number of carbonyl (C=O) groups is 1. The topological polar surface area (TPSA) is 76.0 Å². The summed E-state index contributed by atoms with van der Waals surface area (Å²) in [5, 5.41) is 20.0. The molecule has 0 bridgehead atoms. The summed E-state index contributed by atoms with van der Waals surface area (Å²) < 4.78 is 10.1. The lowest BCUT2D eigenvalue weighted by Gasteiger charge is -2.23. The van der Waals surface area contributed by atoms with Crippen molar-refractivity contribution in [3.05, 3.63) is 37.0 Å². The van der Waals surface area contributed by atoms with Crippen LogP contribution in [-0.4, -0.2) is 48.2 Å². The Morgan fingerprint density at radius 1 is 1.26 bits per heavy atom. The van der Waals surface area contributed by atoms with Crippen LogP contribution in [0.5, 0.6) is 0 Å². The van der Waals surface area contributed by atoms with Gasteiger partial charge in [0, 0.05) is 19.6 Å². The second-order valence-electron chi connectivity index (χ2n) is 5.42. The van der Waals surface area contributed by atoms with E-state index in [-0.39, 0.29) is 18.0 Å². The molecule has 23 heavy (non-hydrogen) atoms. The summed E-state index contributed by atoms with van der Waals surface area (Å²) in [4.78, 5) is 11.1. The number of allylic oxidation sites excluding steroid dienone is 2. The van der Waals surface area contributed by atoms with Crippen molar-refractivity contribution in [3.63, 3.8) is 0 Å². The van der Waals surface area contributed by atoms with E-state index >= 15 is 0 Å². The third kappa shape index (κ3) is 10.8. The highest BCUT2D eigenvalue weighted by Crippen LogP contribution is 2.16. The van der Waals surface area contributed by atoms with Crippen molar-refractivity contribution < 1.29 is 24.5 Å². The molecule has 0 aliphatic heterocycles. The van der Waals surface area contributed by atoms with Gasteiger partial charge in [0.05, 0.1) is 24.9 Å². The normalized spacial score (nSPS) is 17.1. The molecule has 0 unspecified atom stereocenters. The molecule has 5 heteroatoms. The quantitative estimate of drug-likeness (QED) is 0.249. The molecule has 132 valence electrons. The maximum Gasteiger partial charge on any atom is 0.330 e. The molecule has 0 radical (unpaired) electrons. The highest BCUT2D eigenvalue weighted by molar-refractivity contribution is 5.82. The molecular formula is C18H30O5. The van der Waals surface area contributed by atoms with Crippen LogP contribution in [-0.2, 0) is 14.3 Å². The number of hydrogen-bond donors (Lipinski definition) is 2. The van der Waals surface area contributed by atoms with Gasteiger partial charge in [0.1, 0.15) is 0 Å². The second-order valence-corrected chi connectivity index (χ2v) is 5.42. The molecule has 0 heterocycles. The van der Waals surface area contributed by atoms with E-state index in [1.54, 1.807) is 38.3 Å². The van der Waals surface area contributed by atoms with Crippen LogP contribution in [0.1, 0.15) is 33.1 Å². The first kappa shape index (κ1) is 21.6. The first-order chi connectivity index (χ1) is 10.9. The van der Waals surface area contributed by atoms with Gasteiger partial charge in [-0.3, -0.25) is 0 Å². The maximum atomic E-state index is 11.1. The third-order valence-corrected chi connectivity index (χ3v) is 3.53. The van der Waals surface area contributed by atoms with Crippen molar-refractivity contribution in [2.24, 2.45) is 5.92 Å². The minimum atomic E-state index is -0.571. The van der Waals surface area contributed by atoms with Crippen LogP contribution in [0.4, 0.5) is 0 Å². The summed E-state index contributed by atoms with van der Waals surface area (Å²) in [5.41, 5.74) is 0. The number of hydrogen-bond acceptors (Lipinski definition) is 5. The van der Waals surface area contributed by atoms with Gasteiger partial charge in [-0.15, -0.1) is 6.58 Å². The number of rotatable bonds is 12. The van der Waals surface area contributed by atoms with Crippen molar-refractivity contribution in [3.8, 4) is 0 Å². The smallest absolute Gasteiger partial charge is 0.330 e. The molecule has 5 nitrogen and oxygen atoms in total. The fourth-order valence-electron chi connectivity index (χ4n) is 1.97. The van der Waals surface area contributed by atoms with Gasteiger partial charge in [-0.05, 0) is 25.7 Å². The average Bonchev–Trinajstić information content (AvgIpc) is 2.53. The van der Waals surface area contributed by atoms with Crippen molar-refractivity contribution in [1.29, 1.82) is 0 Å². The van der Waals surface area contributed by atoms with Crippen LogP contribution in [0.15, 0.2) is 37.0 Å². The van der Waals surface area contributed by atoms with Crippen LogP contribution in [0.3, 0.4) is 0 Å². The molecule has 0 saturated carbocycles. The molecule has 0 spiro atoms. The van der Waals surface area contributed by atoms with Gasteiger partial charge < -0.3 is 19.7 Å². The Bertz CT molecular complexity index is 389. The van der Waals surface area contributed by atoms with E-state index in [1.165, 1.54) is 6.08 Å². The average molecular weight is 326 g/mol. The van der Waals surface area contributed by atoms with Crippen molar-refractivity contribution in [2.45, 2.75) is 51.4 Å². The molecule has 0 rings (SSSR count). The SMILES string of the molecule is C=C[C@H](C)[C@H](O)C[C@H](C[C@@H](O)C/C=C/C=C/C(=O)OCC)OC. The largest absolute Gasteiger partial charge is 0.463 e. The minimum absolute atomic E-state index is 0.0160. The molecule has 0 aliphatic carbocycles. The Kier molecular flexibility index (Phi) is 12.2. The molecule has 4 atom stereocenters. The molecule has 0 amide bonds. The van der Waals surface area contributed by atoms with E-state index in [0.717, 1.165) is 0 Å². The van der Waals surface area contributed by atoms with E-state index in [9.17, 15) is 15.0 Å². The molecule has 0 aromatic rings. The Morgan fingerprint density at radius 2 is 1.96 bits per heavy atom. The van der Waals surface area contributed by atoms with Gasteiger partial charge >= 0.3 is 5.97 Å². The molecule has 0 aromatic heterocycles. The third-order valence-electron chi connectivity index (χ3n) is 3.53. The lowest BCUT2D eigenvalue weighted by molar-refractivity contribution is -0.137. The summed E-state index contributed by atoms with van der Waals surface area (Å²) in [6.07, 6.45) is 8.08. The number of ether oxygens (including phenoxy) is 2. The molecule has 0 saturated heterocycles. The first-order valence-corrected chi connectivity index (χ1v) is 7.95. The monoisotopic (exact) mass is 326 g/mol. The number of aliphatic hydroxyl groups excluding tert-OH is 2. The van der Waals surface area contributed by atoms with E-state index < -0.39 is 12.2 Å². The molecule has 0 aliphatic rings. The van der Waals surface area contributed by atoms with Crippen LogP contribution in [0, 0.1) is 5.92 Å². The molecule has 2 N–H and O–H groups in total. The van der Waals surface area contributed by atoms with Gasteiger partial charge in [-0.1, -0.05) is 31.2 Å². The van der Waals surface area contributed by atoms with Crippen LogP contribution < -0.4 is 0 Å². The number of methoxy groups -OCH3 is 1. The summed E-state index contributed by atoms with van der Waals surface area (Å²) >= 11 is 0. The predicted molar refractivity (Wildman–Crippen MR) is 90.9 cm³/mol. The Hall–Kier alpha value is -1.43. The minimum Gasteiger partial charge on any atom is -0.463 e. The maximum absolute atomic E-state index is 11.1. The van der Waals surface area contributed by atoms with E-state index in [2.05, 4.69) is 6.58 Å². The van der Waals surface area contributed by atoms with Gasteiger partial charge in [0.2, 0.25) is 0 Å². The van der Waals surface area contributed by atoms with Gasteiger partial charge in [0.15, 0.2) is 0 Å². The number of aliphatic hydroxyl groups is 2. The first-order valence-electron chi connectivity index (χ1n) is 7.95. The van der Waals surface area contributed by atoms with Crippen LogP contribution >= 0.6 is 0 Å². The standard InChI is InChI=1S/C18H30O5/c1-5-14(3)17(20)13-16(22-4)12-15(19)10-8-7-9-11-18(21)23-6-2/h5,7-9,11,14-17,19-20H,1,6,10,12-13H2,2-4H3/b8-7+,11-9+/t14-,15-,16-,17+/m0/s1. The Labute approximate surface area is 139 Å².